The predicted octanol–water partition coefficient (Wildman–Crippen LogP) is 3.94. The van der Waals surface area contributed by atoms with Crippen LogP contribution < -0.4 is 10.6 Å². The smallest absolute Gasteiger partial charge is 0.315 e. The lowest BCUT2D eigenvalue weighted by Crippen LogP contribution is -2.56. The lowest BCUT2D eigenvalue weighted by Gasteiger charge is -2.47. The van der Waals surface area contributed by atoms with Crippen LogP contribution in [-0.4, -0.2) is 68.1 Å². The van der Waals surface area contributed by atoms with Crippen molar-refractivity contribution in [3.05, 3.63) is 0 Å². The van der Waals surface area contributed by atoms with E-state index in [1.165, 1.54) is 19.3 Å². The van der Waals surface area contributed by atoms with E-state index in [-0.39, 0.29) is 23.7 Å². The molecule has 4 aliphatic rings. The van der Waals surface area contributed by atoms with Gasteiger partial charge in [0.2, 0.25) is 0 Å². The third-order valence-electron chi connectivity index (χ3n) is 8.07. The quantitative estimate of drug-likeness (QED) is 0.595. The lowest BCUT2D eigenvalue weighted by atomic mass is 9.63. The number of carbonyl (C=O) groups excluding carboxylic acids is 1. The predicted molar refractivity (Wildman–Crippen MR) is 123 cm³/mol. The minimum atomic E-state index is -0.0398. The molecule has 1 heterocycles. The van der Waals surface area contributed by atoms with Crippen LogP contribution in [0.5, 0.6) is 0 Å². The fraction of sp³-hybridized carbons (Fsp3) is 0.960. The molecule has 4 rings (SSSR count). The van der Waals surface area contributed by atoms with E-state index in [1.807, 2.05) is 0 Å². The minimum Gasteiger partial charge on any atom is -0.379 e. The standard InChI is InChI=1S/C25H45N3O3/c1-19-13-20-15-21(14-19)18-25(2,17-20)27-24(29)26-22-5-3-6-23(16-22)31-10-4-7-28-8-11-30-12-9-28/h19-23H,3-18H2,1-2H3,(H2,26,27,29). The largest absolute Gasteiger partial charge is 0.379 e. The third-order valence-corrected chi connectivity index (χ3v) is 8.07. The van der Waals surface area contributed by atoms with Crippen LogP contribution >= 0.6 is 0 Å². The van der Waals surface area contributed by atoms with Gasteiger partial charge in [-0.1, -0.05) is 6.92 Å². The summed E-state index contributed by atoms with van der Waals surface area (Å²) in [6.07, 6.45) is 12.0. The molecule has 4 atom stereocenters. The first-order chi connectivity index (χ1) is 15.0. The van der Waals surface area contributed by atoms with E-state index in [0.717, 1.165) is 102 Å². The van der Waals surface area contributed by atoms with Gasteiger partial charge in [0.05, 0.1) is 19.3 Å². The Hall–Kier alpha value is -0.850. The summed E-state index contributed by atoms with van der Waals surface area (Å²) in [4.78, 5) is 15.3. The van der Waals surface area contributed by atoms with Crippen LogP contribution in [0.25, 0.3) is 0 Å². The summed E-state index contributed by atoms with van der Waals surface area (Å²) >= 11 is 0. The van der Waals surface area contributed by atoms with Crippen LogP contribution in [0.2, 0.25) is 0 Å². The average Bonchev–Trinajstić information content (AvgIpc) is 2.70. The Morgan fingerprint density at radius 1 is 1.10 bits per heavy atom. The van der Waals surface area contributed by atoms with Crippen LogP contribution in [0, 0.1) is 17.8 Å². The van der Waals surface area contributed by atoms with E-state index in [1.54, 1.807) is 0 Å². The zero-order valence-corrected chi connectivity index (χ0v) is 19.9. The van der Waals surface area contributed by atoms with Gasteiger partial charge in [-0.3, -0.25) is 4.90 Å². The van der Waals surface area contributed by atoms with Crippen molar-refractivity contribution in [3.8, 4) is 0 Å². The number of morpholine rings is 1. The minimum absolute atomic E-state index is 0.0356. The molecule has 0 aromatic rings. The Kier molecular flexibility index (Phi) is 8.16. The van der Waals surface area contributed by atoms with E-state index in [9.17, 15) is 4.79 Å². The summed E-state index contributed by atoms with van der Waals surface area (Å²) in [5, 5.41) is 6.67. The maximum atomic E-state index is 12.8. The summed E-state index contributed by atoms with van der Waals surface area (Å²) < 4.78 is 11.6. The van der Waals surface area contributed by atoms with Gasteiger partial charge >= 0.3 is 6.03 Å². The van der Waals surface area contributed by atoms with Crippen molar-refractivity contribution >= 4 is 6.03 Å². The Morgan fingerprint density at radius 2 is 1.84 bits per heavy atom. The summed E-state index contributed by atoms with van der Waals surface area (Å²) in [5.74, 6) is 2.44. The normalized spacial score (nSPS) is 39.1. The van der Waals surface area contributed by atoms with Gasteiger partial charge in [0, 0.05) is 37.8 Å². The van der Waals surface area contributed by atoms with Gasteiger partial charge in [-0.15, -0.1) is 0 Å². The van der Waals surface area contributed by atoms with Crippen LogP contribution in [0.4, 0.5) is 4.79 Å². The topological polar surface area (TPSA) is 62.8 Å². The summed E-state index contributed by atoms with van der Waals surface area (Å²) in [7, 11) is 0. The van der Waals surface area contributed by atoms with E-state index < -0.39 is 0 Å². The number of urea groups is 1. The maximum absolute atomic E-state index is 12.8. The molecular formula is C25H45N3O3. The van der Waals surface area contributed by atoms with Crippen LogP contribution in [0.15, 0.2) is 0 Å². The van der Waals surface area contributed by atoms with Crippen molar-refractivity contribution in [2.75, 3.05) is 39.5 Å². The van der Waals surface area contributed by atoms with E-state index in [2.05, 4.69) is 29.4 Å². The monoisotopic (exact) mass is 435 g/mol. The first-order valence-electron chi connectivity index (χ1n) is 13.0. The lowest BCUT2D eigenvalue weighted by molar-refractivity contribution is 0.00547. The Morgan fingerprint density at radius 3 is 2.58 bits per heavy atom. The molecule has 3 aliphatic carbocycles. The molecule has 4 unspecified atom stereocenters. The number of ether oxygens (including phenoxy) is 2. The van der Waals surface area contributed by atoms with Crippen molar-refractivity contribution in [2.24, 2.45) is 17.8 Å². The molecule has 3 saturated carbocycles. The molecule has 0 aromatic heterocycles. The van der Waals surface area contributed by atoms with Gasteiger partial charge in [-0.05, 0) is 88.9 Å². The van der Waals surface area contributed by atoms with Crippen LogP contribution in [0.1, 0.15) is 78.1 Å². The molecule has 178 valence electrons. The molecule has 1 aliphatic heterocycles. The SMILES string of the molecule is CC1CC2CC(C1)CC(C)(NC(=O)NC1CCCC(OCCCN3CCOCC3)C1)C2. The van der Waals surface area contributed by atoms with Gasteiger partial charge in [0.1, 0.15) is 0 Å². The molecule has 4 fully saturated rings. The fourth-order valence-corrected chi connectivity index (χ4v) is 6.98. The van der Waals surface area contributed by atoms with E-state index in [0.29, 0.717) is 0 Å². The highest BCUT2D eigenvalue weighted by atomic mass is 16.5. The molecule has 2 bridgehead atoms. The highest BCUT2D eigenvalue weighted by Gasteiger charge is 2.42. The summed E-state index contributed by atoms with van der Waals surface area (Å²) in [6, 6.07) is 0.276. The summed E-state index contributed by atoms with van der Waals surface area (Å²) in [6.45, 7) is 10.4. The van der Waals surface area contributed by atoms with Gasteiger partial charge in [-0.2, -0.15) is 0 Å². The molecule has 2 N–H and O–H groups in total. The molecule has 0 aromatic carbocycles. The molecule has 2 amide bonds. The van der Waals surface area contributed by atoms with Gasteiger partial charge in [-0.25, -0.2) is 4.79 Å². The van der Waals surface area contributed by atoms with E-state index in [4.69, 9.17) is 9.47 Å². The Labute approximate surface area is 189 Å². The van der Waals surface area contributed by atoms with Crippen molar-refractivity contribution in [3.63, 3.8) is 0 Å². The number of amides is 2. The van der Waals surface area contributed by atoms with Gasteiger partial charge < -0.3 is 20.1 Å². The number of fused-ring (bicyclic) bond motifs is 2. The van der Waals surface area contributed by atoms with Crippen molar-refractivity contribution in [2.45, 2.75) is 95.7 Å². The molecule has 31 heavy (non-hydrogen) atoms. The number of hydrogen-bond donors (Lipinski definition) is 2. The molecule has 0 spiro atoms. The van der Waals surface area contributed by atoms with Crippen molar-refractivity contribution in [1.29, 1.82) is 0 Å². The number of nitrogens with one attached hydrogen (secondary N) is 2. The number of rotatable bonds is 7. The van der Waals surface area contributed by atoms with Crippen molar-refractivity contribution < 1.29 is 14.3 Å². The fourth-order valence-electron chi connectivity index (χ4n) is 6.98. The summed E-state index contributed by atoms with van der Waals surface area (Å²) in [5.41, 5.74) is -0.0398. The maximum Gasteiger partial charge on any atom is 0.315 e. The number of carbonyl (C=O) groups is 1. The number of hydrogen-bond acceptors (Lipinski definition) is 4. The molecule has 6 heteroatoms. The van der Waals surface area contributed by atoms with Gasteiger partial charge in [0.25, 0.3) is 0 Å². The molecule has 1 saturated heterocycles. The highest BCUT2D eigenvalue weighted by molar-refractivity contribution is 5.75. The van der Waals surface area contributed by atoms with Crippen LogP contribution in [-0.2, 0) is 9.47 Å². The number of nitrogens with zero attached hydrogens (tertiary/aromatic N) is 1. The van der Waals surface area contributed by atoms with Crippen LogP contribution in [0.3, 0.4) is 0 Å². The third kappa shape index (κ3) is 7.06. The van der Waals surface area contributed by atoms with Crippen molar-refractivity contribution in [1.82, 2.24) is 15.5 Å². The zero-order chi connectivity index (χ0) is 21.7. The first kappa shape index (κ1) is 23.3. The molecule has 0 radical (unpaired) electrons. The highest BCUT2D eigenvalue weighted by Crippen LogP contribution is 2.46. The average molecular weight is 436 g/mol. The Bertz CT molecular complexity index is 562. The van der Waals surface area contributed by atoms with Gasteiger partial charge in [0.15, 0.2) is 0 Å². The van der Waals surface area contributed by atoms with E-state index >= 15 is 0 Å². The first-order valence-corrected chi connectivity index (χ1v) is 13.0. The second-order valence-electron chi connectivity index (χ2n) is 11.3. The Balaban J connectivity index is 1.15. The molecular weight excluding hydrogens is 390 g/mol. The molecule has 6 nitrogen and oxygen atoms in total. The zero-order valence-electron chi connectivity index (χ0n) is 19.9. The second-order valence-corrected chi connectivity index (χ2v) is 11.3. The second kappa shape index (κ2) is 10.8.